The Morgan fingerprint density at radius 3 is 2.95 bits per heavy atom. The van der Waals surface area contributed by atoms with Crippen molar-refractivity contribution in [3.8, 4) is 10.7 Å². The first-order valence-electron chi connectivity index (χ1n) is 5.80. The molecule has 0 spiro atoms. The molecule has 0 aliphatic carbocycles. The van der Waals surface area contributed by atoms with E-state index in [0.29, 0.717) is 6.54 Å². The van der Waals surface area contributed by atoms with Crippen LogP contribution < -0.4 is 5.73 Å². The van der Waals surface area contributed by atoms with Gasteiger partial charge in [-0.3, -0.25) is 0 Å². The second-order valence-electron chi connectivity index (χ2n) is 4.05. The summed E-state index contributed by atoms with van der Waals surface area (Å²) in [5.74, 6) is 0.981. The third-order valence-electron chi connectivity index (χ3n) is 2.89. The third-order valence-corrected chi connectivity index (χ3v) is 5.55. The maximum absolute atomic E-state index is 5.97. The second-order valence-corrected chi connectivity index (χ2v) is 6.86. The van der Waals surface area contributed by atoms with Gasteiger partial charge in [0, 0.05) is 33.7 Å². The van der Waals surface area contributed by atoms with Crippen LogP contribution in [-0.2, 0) is 0 Å². The monoisotopic (exact) mass is 353 g/mol. The molecule has 0 saturated heterocycles. The van der Waals surface area contributed by atoms with Crippen molar-refractivity contribution in [1.82, 2.24) is 9.55 Å². The minimum absolute atomic E-state index is 0.135. The minimum atomic E-state index is 0.135. The van der Waals surface area contributed by atoms with Crippen molar-refractivity contribution in [2.75, 3.05) is 6.54 Å². The number of thiophene rings is 2. The van der Waals surface area contributed by atoms with Crippen molar-refractivity contribution in [1.29, 1.82) is 0 Å². The smallest absolute Gasteiger partial charge is 0.150 e. The van der Waals surface area contributed by atoms with Gasteiger partial charge in [0.25, 0.3) is 0 Å². The number of aromatic nitrogens is 2. The molecule has 1 unspecified atom stereocenters. The zero-order chi connectivity index (χ0) is 13.2. The topological polar surface area (TPSA) is 43.8 Å². The zero-order valence-electron chi connectivity index (χ0n) is 9.99. The van der Waals surface area contributed by atoms with E-state index in [1.54, 1.807) is 22.7 Å². The van der Waals surface area contributed by atoms with E-state index in [9.17, 15) is 0 Å². The summed E-state index contributed by atoms with van der Waals surface area (Å²) < 4.78 is 3.26. The Balaban J connectivity index is 2.03. The van der Waals surface area contributed by atoms with Crippen LogP contribution in [0.3, 0.4) is 0 Å². The van der Waals surface area contributed by atoms with E-state index in [-0.39, 0.29) is 6.04 Å². The lowest BCUT2D eigenvalue weighted by molar-refractivity contribution is 0.611. The molecule has 0 fully saturated rings. The average Bonchev–Trinajstić information content (AvgIpc) is 3.10. The molecule has 1 atom stereocenters. The molecule has 3 aromatic heterocycles. The summed E-state index contributed by atoms with van der Waals surface area (Å²) in [7, 11) is 0. The number of imidazole rings is 1. The molecule has 3 nitrogen and oxygen atoms in total. The summed E-state index contributed by atoms with van der Waals surface area (Å²) in [6, 6.07) is 6.39. The van der Waals surface area contributed by atoms with Gasteiger partial charge in [0.2, 0.25) is 0 Å². The van der Waals surface area contributed by atoms with Gasteiger partial charge in [-0.05, 0) is 33.4 Å². The maximum atomic E-state index is 5.97. The van der Waals surface area contributed by atoms with Crippen molar-refractivity contribution in [3.63, 3.8) is 0 Å². The fraction of sp³-hybridized carbons (Fsp3) is 0.154. The van der Waals surface area contributed by atoms with Crippen LogP contribution in [0, 0.1) is 0 Å². The molecule has 19 heavy (non-hydrogen) atoms. The average molecular weight is 354 g/mol. The number of hydrogen-bond acceptors (Lipinski definition) is 4. The lowest BCUT2D eigenvalue weighted by Crippen LogP contribution is -2.19. The highest BCUT2D eigenvalue weighted by Crippen LogP contribution is 2.32. The molecule has 0 bridgehead atoms. The van der Waals surface area contributed by atoms with Crippen LogP contribution in [0.1, 0.15) is 10.9 Å². The molecule has 98 valence electrons. The molecular weight excluding hydrogens is 342 g/mol. The summed E-state index contributed by atoms with van der Waals surface area (Å²) >= 11 is 6.90. The van der Waals surface area contributed by atoms with Gasteiger partial charge < -0.3 is 10.3 Å². The quantitative estimate of drug-likeness (QED) is 0.770. The number of halogens is 1. The van der Waals surface area contributed by atoms with Crippen LogP contribution >= 0.6 is 38.6 Å². The minimum Gasteiger partial charge on any atom is -0.328 e. The van der Waals surface area contributed by atoms with Crippen molar-refractivity contribution in [3.05, 3.63) is 50.7 Å². The fourth-order valence-corrected chi connectivity index (χ4v) is 4.31. The summed E-state index contributed by atoms with van der Waals surface area (Å²) in [6.45, 7) is 0.557. The molecule has 3 heterocycles. The van der Waals surface area contributed by atoms with Gasteiger partial charge in [-0.25, -0.2) is 4.98 Å². The lowest BCUT2D eigenvalue weighted by atomic mass is 10.2. The fourth-order valence-electron chi connectivity index (χ4n) is 2.03. The highest BCUT2D eigenvalue weighted by Gasteiger charge is 2.18. The van der Waals surface area contributed by atoms with Crippen LogP contribution in [0.4, 0.5) is 0 Å². The maximum Gasteiger partial charge on any atom is 0.150 e. The van der Waals surface area contributed by atoms with Crippen molar-refractivity contribution in [2.45, 2.75) is 6.04 Å². The second kappa shape index (κ2) is 5.58. The van der Waals surface area contributed by atoms with Crippen LogP contribution in [0.2, 0.25) is 0 Å². The normalized spacial score (nSPS) is 12.7. The SMILES string of the molecule is NCC(c1cc(Br)cs1)n1ccnc1-c1cccs1. The van der Waals surface area contributed by atoms with E-state index in [0.717, 1.165) is 10.3 Å². The van der Waals surface area contributed by atoms with Gasteiger partial charge in [0.1, 0.15) is 0 Å². The Kier molecular flexibility index (Phi) is 3.83. The van der Waals surface area contributed by atoms with E-state index in [1.807, 2.05) is 18.5 Å². The molecule has 2 N–H and O–H groups in total. The van der Waals surface area contributed by atoms with E-state index >= 15 is 0 Å². The van der Waals surface area contributed by atoms with E-state index < -0.39 is 0 Å². The van der Waals surface area contributed by atoms with E-state index in [2.05, 4.69) is 48.4 Å². The molecule has 3 aromatic rings. The summed E-state index contributed by atoms with van der Waals surface area (Å²) in [5, 5.41) is 4.15. The first-order valence-corrected chi connectivity index (χ1v) is 8.35. The predicted octanol–water partition coefficient (Wildman–Crippen LogP) is 3.98. The summed E-state index contributed by atoms with van der Waals surface area (Å²) in [4.78, 5) is 6.88. The highest BCUT2D eigenvalue weighted by atomic mass is 79.9. The first-order chi connectivity index (χ1) is 9.29. The molecule has 0 saturated carbocycles. The molecule has 0 radical (unpaired) electrons. The Hall–Kier alpha value is -0.950. The highest BCUT2D eigenvalue weighted by molar-refractivity contribution is 9.10. The molecule has 0 amide bonds. The van der Waals surface area contributed by atoms with E-state index in [1.165, 1.54) is 9.75 Å². The number of nitrogens with two attached hydrogens (primary N) is 1. The molecule has 6 heteroatoms. The number of hydrogen-bond donors (Lipinski definition) is 1. The molecule has 0 aromatic carbocycles. The molecule has 0 aliphatic rings. The summed E-state index contributed by atoms with van der Waals surface area (Å²) in [5.41, 5.74) is 5.97. The van der Waals surface area contributed by atoms with Gasteiger partial charge in [-0.15, -0.1) is 22.7 Å². The third kappa shape index (κ3) is 2.53. The Morgan fingerprint density at radius 1 is 1.42 bits per heavy atom. The van der Waals surface area contributed by atoms with Crippen LogP contribution in [0.25, 0.3) is 10.7 Å². The van der Waals surface area contributed by atoms with Gasteiger partial charge in [0.05, 0.1) is 10.9 Å². The predicted molar refractivity (Wildman–Crippen MR) is 84.8 cm³/mol. The van der Waals surface area contributed by atoms with Crippen molar-refractivity contribution < 1.29 is 0 Å². The standard InChI is InChI=1S/C13H12BrN3S2/c14-9-6-12(19-8-9)10(7-15)17-4-3-16-13(17)11-2-1-5-18-11/h1-6,8,10H,7,15H2. The van der Waals surface area contributed by atoms with Gasteiger partial charge >= 0.3 is 0 Å². The Morgan fingerprint density at radius 2 is 2.32 bits per heavy atom. The van der Waals surface area contributed by atoms with Gasteiger partial charge in [-0.1, -0.05) is 6.07 Å². The molecule has 3 rings (SSSR count). The largest absolute Gasteiger partial charge is 0.328 e. The summed E-state index contributed by atoms with van der Waals surface area (Å²) in [6.07, 6.45) is 3.83. The zero-order valence-corrected chi connectivity index (χ0v) is 13.2. The van der Waals surface area contributed by atoms with Gasteiger partial charge in [-0.2, -0.15) is 0 Å². The molecule has 0 aliphatic heterocycles. The van der Waals surface area contributed by atoms with Crippen LogP contribution in [0.15, 0.2) is 45.8 Å². The number of rotatable bonds is 4. The van der Waals surface area contributed by atoms with Gasteiger partial charge in [0.15, 0.2) is 5.82 Å². The van der Waals surface area contributed by atoms with Crippen molar-refractivity contribution >= 4 is 38.6 Å². The Labute approximate surface area is 127 Å². The number of nitrogens with zero attached hydrogens (tertiary/aromatic N) is 2. The van der Waals surface area contributed by atoms with Crippen LogP contribution in [0.5, 0.6) is 0 Å². The first kappa shape index (κ1) is 13.1. The molecular formula is C13H12BrN3S2. The Bertz CT molecular complexity index is 657. The van der Waals surface area contributed by atoms with Crippen LogP contribution in [-0.4, -0.2) is 16.1 Å². The van der Waals surface area contributed by atoms with E-state index in [4.69, 9.17) is 5.73 Å². The lowest BCUT2D eigenvalue weighted by Gasteiger charge is -2.17. The van der Waals surface area contributed by atoms with Crippen molar-refractivity contribution in [2.24, 2.45) is 5.73 Å².